The average Bonchev–Trinajstić information content (AvgIpc) is 3.21. The van der Waals surface area contributed by atoms with Gasteiger partial charge in [-0.15, -0.1) is 11.3 Å². The molecule has 2 heterocycles. The Labute approximate surface area is 140 Å². The number of hydrogen-bond acceptors (Lipinski definition) is 4. The van der Waals surface area contributed by atoms with E-state index >= 15 is 0 Å². The van der Waals surface area contributed by atoms with E-state index < -0.39 is 0 Å². The van der Waals surface area contributed by atoms with Crippen LogP contribution in [0.1, 0.15) is 34.8 Å². The lowest BCUT2D eigenvalue weighted by Crippen LogP contribution is -2.17. The van der Waals surface area contributed by atoms with Crippen LogP contribution < -0.4 is 5.32 Å². The zero-order chi connectivity index (χ0) is 16.2. The maximum atomic E-state index is 8.86. The second-order valence-corrected chi connectivity index (χ2v) is 6.45. The summed E-state index contributed by atoms with van der Waals surface area (Å²) in [6.45, 7) is 4.92. The van der Waals surface area contributed by atoms with Crippen LogP contribution in [0.25, 0.3) is 5.69 Å². The Bertz CT molecular complexity index is 823. The number of nitriles is 1. The second-order valence-electron chi connectivity index (χ2n) is 5.45. The molecule has 0 amide bonds. The van der Waals surface area contributed by atoms with Crippen molar-refractivity contribution >= 4 is 11.3 Å². The summed E-state index contributed by atoms with van der Waals surface area (Å²) in [5.74, 6) is 0.981. The Kier molecular flexibility index (Phi) is 4.56. The number of nitrogens with zero attached hydrogens (tertiary/aromatic N) is 3. The normalized spacial score (nSPS) is 12.0. The summed E-state index contributed by atoms with van der Waals surface area (Å²) in [5, 5.41) is 14.3. The molecule has 0 saturated carbocycles. The highest BCUT2D eigenvalue weighted by Gasteiger charge is 2.07. The van der Waals surface area contributed by atoms with Crippen LogP contribution in [-0.2, 0) is 6.54 Å². The van der Waals surface area contributed by atoms with E-state index in [4.69, 9.17) is 5.26 Å². The van der Waals surface area contributed by atoms with Crippen LogP contribution in [0.5, 0.6) is 0 Å². The van der Waals surface area contributed by atoms with Gasteiger partial charge in [-0.3, -0.25) is 0 Å². The number of aryl methyl sites for hydroxylation is 1. The number of benzene rings is 1. The van der Waals surface area contributed by atoms with E-state index in [1.165, 1.54) is 10.4 Å². The second kappa shape index (κ2) is 6.78. The maximum absolute atomic E-state index is 8.86. The molecule has 0 radical (unpaired) electrons. The molecule has 5 heteroatoms. The fourth-order valence-electron chi connectivity index (χ4n) is 2.48. The molecular weight excluding hydrogens is 304 g/mol. The van der Waals surface area contributed by atoms with Crippen LogP contribution in [0.15, 0.2) is 48.1 Å². The van der Waals surface area contributed by atoms with Crippen molar-refractivity contribution in [3.63, 3.8) is 0 Å². The lowest BCUT2D eigenvalue weighted by molar-refractivity contribution is 0.579. The first-order chi connectivity index (χ1) is 11.2. The smallest absolute Gasteiger partial charge is 0.110 e. The molecule has 0 saturated heterocycles. The van der Waals surface area contributed by atoms with Gasteiger partial charge in [0.15, 0.2) is 0 Å². The van der Waals surface area contributed by atoms with Gasteiger partial charge in [-0.1, -0.05) is 12.1 Å². The van der Waals surface area contributed by atoms with E-state index in [0.29, 0.717) is 0 Å². The molecule has 1 aromatic carbocycles. The molecule has 0 aliphatic rings. The van der Waals surface area contributed by atoms with Gasteiger partial charge in [-0.05, 0) is 37.6 Å². The topological polar surface area (TPSA) is 53.6 Å². The zero-order valence-electron chi connectivity index (χ0n) is 13.2. The van der Waals surface area contributed by atoms with Crippen LogP contribution in [0, 0.1) is 18.3 Å². The molecule has 1 N–H and O–H groups in total. The fourth-order valence-corrected chi connectivity index (χ4v) is 3.24. The highest BCUT2D eigenvalue weighted by molar-refractivity contribution is 7.10. The van der Waals surface area contributed by atoms with E-state index in [-0.39, 0.29) is 6.04 Å². The van der Waals surface area contributed by atoms with Crippen LogP contribution in [0.4, 0.5) is 0 Å². The molecule has 0 aliphatic heterocycles. The molecule has 0 fully saturated rings. The predicted molar refractivity (Wildman–Crippen MR) is 92.6 cm³/mol. The van der Waals surface area contributed by atoms with Crippen molar-refractivity contribution in [3.8, 4) is 11.8 Å². The molecular formula is C18H18N4S. The largest absolute Gasteiger partial charge is 0.305 e. The quantitative estimate of drug-likeness (QED) is 0.773. The van der Waals surface area contributed by atoms with Crippen LogP contribution in [-0.4, -0.2) is 9.55 Å². The van der Waals surface area contributed by atoms with Gasteiger partial charge in [0, 0.05) is 40.9 Å². The monoisotopic (exact) mass is 322 g/mol. The minimum Gasteiger partial charge on any atom is -0.305 e. The highest BCUT2D eigenvalue weighted by Crippen LogP contribution is 2.19. The maximum Gasteiger partial charge on any atom is 0.110 e. The molecule has 0 bridgehead atoms. The third-order valence-corrected chi connectivity index (χ3v) is 4.80. The predicted octanol–water partition coefficient (Wildman–Crippen LogP) is 3.96. The summed E-state index contributed by atoms with van der Waals surface area (Å²) in [5.41, 5.74) is 3.09. The molecule has 3 aromatic rings. The van der Waals surface area contributed by atoms with E-state index in [0.717, 1.165) is 23.6 Å². The van der Waals surface area contributed by atoms with Crippen molar-refractivity contribution in [3.05, 3.63) is 69.9 Å². The molecule has 0 unspecified atom stereocenters. The Morgan fingerprint density at radius 2 is 2.13 bits per heavy atom. The molecule has 0 aliphatic carbocycles. The first kappa shape index (κ1) is 15.5. The van der Waals surface area contributed by atoms with Gasteiger partial charge in [-0.2, -0.15) is 5.26 Å². The SMILES string of the molecule is Cc1nccn1-c1ccc([C@H](C)NCc2cc(C#N)cs2)cc1. The molecule has 2 aromatic heterocycles. The summed E-state index contributed by atoms with van der Waals surface area (Å²) in [6, 6.07) is 12.9. The Hall–Kier alpha value is -2.42. The van der Waals surface area contributed by atoms with Gasteiger partial charge in [0.2, 0.25) is 0 Å². The molecule has 0 spiro atoms. The fraction of sp³-hybridized carbons (Fsp3) is 0.222. The van der Waals surface area contributed by atoms with Crippen molar-refractivity contribution < 1.29 is 0 Å². The van der Waals surface area contributed by atoms with Gasteiger partial charge < -0.3 is 9.88 Å². The van der Waals surface area contributed by atoms with Crippen molar-refractivity contribution in [2.24, 2.45) is 0 Å². The van der Waals surface area contributed by atoms with Gasteiger partial charge in [0.05, 0.1) is 5.56 Å². The van der Waals surface area contributed by atoms with Crippen molar-refractivity contribution in [1.82, 2.24) is 14.9 Å². The first-order valence-corrected chi connectivity index (χ1v) is 8.36. The average molecular weight is 322 g/mol. The van der Waals surface area contributed by atoms with Crippen molar-refractivity contribution in [2.75, 3.05) is 0 Å². The summed E-state index contributed by atoms with van der Waals surface area (Å²) in [7, 11) is 0. The van der Waals surface area contributed by atoms with E-state index in [2.05, 4.69) is 52.1 Å². The number of aromatic nitrogens is 2. The van der Waals surface area contributed by atoms with Crippen molar-refractivity contribution in [1.29, 1.82) is 5.26 Å². The number of nitrogens with one attached hydrogen (secondary N) is 1. The van der Waals surface area contributed by atoms with Gasteiger partial charge in [-0.25, -0.2) is 4.98 Å². The molecule has 4 nitrogen and oxygen atoms in total. The first-order valence-electron chi connectivity index (χ1n) is 7.48. The number of rotatable bonds is 5. The standard InChI is InChI=1S/C18H18N4S/c1-13(21-11-18-9-15(10-19)12-23-18)16-3-5-17(6-4-16)22-8-7-20-14(22)2/h3-9,12-13,21H,11H2,1-2H3/t13-/m0/s1. The van der Waals surface area contributed by atoms with Gasteiger partial charge in [0.25, 0.3) is 0 Å². The van der Waals surface area contributed by atoms with Gasteiger partial charge >= 0.3 is 0 Å². The van der Waals surface area contributed by atoms with E-state index in [1.54, 1.807) is 11.3 Å². The van der Waals surface area contributed by atoms with E-state index in [9.17, 15) is 0 Å². The lowest BCUT2D eigenvalue weighted by atomic mass is 10.1. The van der Waals surface area contributed by atoms with Crippen LogP contribution in [0.3, 0.4) is 0 Å². The highest BCUT2D eigenvalue weighted by atomic mass is 32.1. The van der Waals surface area contributed by atoms with E-state index in [1.807, 2.05) is 30.8 Å². The van der Waals surface area contributed by atoms with Crippen LogP contribution in [0.2, 0.25) is 0 Å². The Morgan fingerprint density at radius 1 is 1.35 bits per heavy atom. The number of hydrogen-bond donors (Lipinski definition) is 1. The Morgan fingerprint density at radius 3 is 2.74 bits per heavy atom. The third kappa shape index (κ3) is 3.50. The molecule has 116 valence electrons. The summed E-state index contributed by atoms with van der Waals surface area (Å²) in [4.78, 5) is 5.43. The van der Waals surface area contributed by atoms with Gasteiger partial charge in [0.1, 0.15) is 11.9 Å². The van der Waals surface area contributed by atoms with Crippen molar-refractivity contribution in [2.45, 2.75) is 26.4 Å². The zero-order valence-corrected chi connectivity index (χ0v) is 14.0. The summed E-state index contributed by atoms with van der Waals surface area (Å²) < 4.78 is 2.07. The third-order valence-electron chi connectivity index (χ3n) is 3.86. The molecule has 3 rings (SSSR count). The Balaban J connectivity index is 1.65. The summed E-state index contributed by atoms with van der Waals surface area (Å²) >= 11 is 1.62. The van der Waals surface area contributed by atoms with Crippen LogP contribution >= 0.6 is 11.3 Å². The minimum absolute atomic E-state index is 0.251. The molecule has 23 heavy (non-hydrogen) atoms. The lowest BCUT2D eigenvalue weighted by Gasteiger charge is -2.14. The minimum atomic E-state index is 0.251. The number of thiophene rings is 1. The molecule has 1 atom stereocenters. The number of imidazole rings is 1. The summed E-state index contributed by atoms with van der Waals surface area (Å²) in [6.07, 6.45) is 3.78.